The van der Waals surface area contributed by atoms with E-state index in [-0.39, 0.29) is 24.0 Å². The van der Waals surface area contributed by atoms with Gasteiger partial charge in [0.2, 0.25) is 0 Å². The van der Waals surface area contributed by atoms with E-state index in [9.17, 15) is 0 Å². The number of guanidine groups is 1. The lowest BCUT2D eigenvalue weighted by atomic mass is 10.2. The Morgan fingerprint density at radius 2 is 2.00 bits per heavy atom. The molecule has 1 atom stereocenters. The van der Waals surface area contributed by atoms with Crippen LogP contribution in [0.2, 0.25) is 0 Å². The predicted molar refractivity (Wildman–Crippen MR) is 94.3 cm³/mol. The monoisotopic (exact) mass is 382 g/mol. The first-order valence-corrected chi connectivity index (χ1v) is 7.37. The zero-order valence-electron chi connectivity index (χ0n) is 12.9. The van der Waals surface area contributed by atoms with E-state index in [0.717, 1.165) is 25.6 Å². The van der Waals surface area contributed by atoms with E-state index >= 15 is 0 Å². The average Bonchev–Trinajstić information content (AvgIpc) is 2.74. The summed E-state index contributed by atoms with van der Waals surface area (Å²) in [5, 5.41) is 0. The third-order valence-corrected chi connectivity index (χ3v) is 3.65. The molecule has 0 radical (unpaired) electrons. The molecule has 1 fully saturated rings. The molecule has 0 aliphatic carbocycles. The van der Waals surface area contributed by atoms with Gasteiger partial charge in [-0.1, -0.05) is 13.8 Å². The van der Waals surface area contributed by atoms with Crippen molar-refractivity contribution in [3.63, 3.8) is 0 Å². The van der Waals surface area contributed by atoms with Crippen LogP contribution in [0.5, 0.6) is 0 Å². The van der Waals surface area contributed by atoms with Gasteiger partial charge in [-0.15, -0.1) is 24.0 Å². The van der Waals surface area contributed by atoms with Crippen LogP contribution in [0.1, 0.15) is 40.5 Å². The highest BCUT2D eigenvalue weighted by Crippen LogP contribution is 2.18. The third kappa shape index (κ3) is 6.29. The zero-order chi connectivity index (χ0) is 13.5. The van der Waals surface area contributed by atoms with Crippen LogP contribution >= 0.6 is 24.0 Å². The number of likely N-dealkylation sites (tertiary alicyclic amines) is 1. The van der Waals surface area contributed by atoms with Gasteiger partial charge in [0.05, 0.1) is 6.54 Å². The highest BCUT2D eigenvalue weighted by Gasteiger charge is 2.24. The number of rotatable bonds is 6. The molecule has 1 saturated heterocycles. The number of aliphatic imine (C=N–C) groups is 1. The van der Waals surface area contributed by atoms with Crippen molar-refractivity contribution in [2.45, 2.75) is 46.6 Å². The molecule has 0 amide bonds. The molecule has 0 aromatic rings. The van der Waals surface area contributed by atoms with Crippen molar-refractivity contribution in [2.75, 3.05) is 32.7 Å². The fourth-order valence-corrected chi connectivity index (χ4v) is 2.66. The molecule has 1 aliphatic rings. The van der Waals surface area contributed by atoms with Gasteiger partial charge in [-0.25, -0.2) is 0 Å². The first-order valence-electron chi connectivity index (χ1n) is 7.37. The Morgan fingerprint density at radius 3 is 2.53 bits per heavy atom. The summed E-state index contributed by atoms with van der Waals surface area (Å²) in [4.78, 5) is 9.27. The van der Waals surface area contributed by atoms with Crippen LogP contribution in [0.4, 0.5) is 0 Å². The summed E-state index contributed by atoms with van der Waals surface area (Å²) in [7, 11) is 0. The maximum Gasteiger partial charge on any atom is 0.191 e. The summed E-state index contributed by atoms with van der Waals surface area (Å²) in [6.07, 6.45) is 2.57. The smallest absolute Gasteiger partial charge is 0.191 e. The largest absolute Gasteiger partial charge is 0.370 e. The van der Waals surface area contributed by atoms with Gasteiger partial charge in [-0.3, -0.25) is 9.89 Å². The molecule has 4 nitrogen and oxygen atoms in total. The summed E-state index contributed by atoms with van der Waals surface area (Å²) < 4.78 is 0. The Balaban J connectivity index is 0.00000324. The van der Waals surface area contributed by atoms with Crippen LogP contribution in [0.25, 0.3) is 0 Å². The Morgan fingerprint density at radius 1 is 1.37 bits per heavy atom. The molecular weight excluding hydrogens is 351 g/mol. The van der Waals surface area contributed by atoms with E-state index in [1.165, 1.54) is 25.9 Å². The number of nitrogens with two attached hydrogens (primary N) is 1. The Labute approximate surface area is 135 Å². The van der Waals surface area contributed by atoms with Gasteiger partial charge in [-0.2, -0.15) is 0 Å². The maximum absolute atomic E-state index is 6.02. The second-order valence-electron chi connectivity index (χ2n) is 5.56. The van der Waals surface area contributed by atoms with Gasteiger partial charge in [0.15, 0.2) is 5.96 Å². The molecule has 19 heavy (non-hydrogen) atoms. The first kappa shape index (κ1) is 19.0. The van der Waals surface area contributed by atoms with Crippen molar-refractivity contribution in [3.05, 3.63) is 0 Å². The summed E-state index contributed by atoms with van der Waals surface area (Å²) >= 11 is 0. The van der Waals surface area contributed by atoms with Crippen molar-refractivity contribution >= 4 is 29.9 Å². The van der Waals surface area contributed by atoms with Gasteiger partial charge in [0.25, 0.3) is 0 Å². The van der Waals surface area contributed by atoms with E-state index in [4.69, 9.17) is 5.73 Å². The molecule has 1 aliphatic heterocycles. The van der Waals surface area contributed by atoms with Gasteiger partial charge in [-0.05, 0) is 39.2 Å². The van der Waals surface area contributed by atoms with Crippen molar-refractivity contribution in [1.82, 2.24) is 9.80 Å². The van der Waals surface area contributed by atoms with Crippen LogP contribution in [0.15, 0.2) is 4.99 Å². The number of hydrogen-bond donors (Lipinski definition) is 1. The third-order valence-electron chi connectivity index (χ3n) is 3.65. The molecule has 0 aromatic carbocycles. The number of nitrogens with zero attached hydrogens (tertiary/aromatic N) is 3. The minimum atomic E-state index is 0. The molecule has 0 saturated carbocycles. The van der Waals surface area contributed by atoms with Crippen molar-refractivity contribution in [1.29, 1.82) is 0 Å². The van der Waals surface area contributed by atoms with E-state index in [1.54, 1.807) is 0 Å². The minimum Gasteiger partial charge on any atom is -0.370 e. The standard InChI is InChI=1S/C14H30N4.HI/c1-5-17(6-2)14(15)16-10-13-8-7-9-18(13)11-12(3)4;/h12-13H,5-11H2,1-4H3,(H2,15,16);1H/t13-;/m1./s1. The summed E-state index contributed by atoms with van der Waals surface area (Å²) in [5.74, 6) is 1.44. The quantitative estimate of drug-likeness (QED) is 0.436. The predicted octanol–water partition coefficient (Wildman–Crippen LogP) is 2.38. The maximum atomic E-state index is 6.02. The van der Waals surface area contributed by atoms with Gasteiger partial charge in [0, 0.05) is 25.7 Å². The van der Waals surface area contributed by atoms with Crippen molar-refractivity contribution in [2.24, 2.45) is 16.6 Å². The lowest BCUT2D eigenvalue weighted by Gasteiger charge is -2.26. The second kappa shape index (κ2) is 9.80. The fraction of sp³-hybridized carbons (Fsp3) is 0.929. The van der Waals surface area contributed by atoms with Gasteiger partial charge < -0.3 is 10.6 Å². The minimum absolute atomic E-state index is 0. The SMILES string of the molecule is CCN(CC)C(N)=NC[C@H]1CCCN1CC(C)C.I. The molecule has 1 rings (SSSR count). The lowest BCUT2D eigenvalue weighted by molar-refractivity contribution is 0.231. The zero-order valence-corrected chi connectivity index (χ0v) is 15.3. The van der Waals surface area contributed by atoms with Gasteiger partial charge in [0.1, 0.15) is 0 Å². The van der Waals surface area contributed by atoms with Crippen LogP contribution in [0.3, 0.4) is 0 Å². The Kier molecular flexibility index (Phi) is 9.78. The van der Waals surface area contributed by atoms with E-state index in [1.807, 2.05) is 0 Å². The molecule has 5 heteroatoms. The molecular formula is C14H31IN4. The van der Waals surface area contributed by atoms with Crippen LogP contribution in [-0.2, 0) is 0 Å². The fourth-order valence-electron chi connectivity index (χ4n) is 2.66. The van der Waals surface area contributed by atoms with Crippen molar-refractivity contribution < 1.29 is 0 Å². The van der Waals surface area contributed by atoms with E-state index < -0.39 is 0 Å². The van der Waals surface area contributed by atoms with E-state index in [0.29, 0.717) is 12.0 Å². The molecule has 2 N–H and O–H groups in total. The normalized spacial score (nSPS) is 20.7. The van der Waals surface area contributed by atoms with Crippen LogP contribution in [-0.4, -0.2) is 54.5 Å². The summed E-state index contributed by atoms with van der Waals surface area (Å²) in [5.41, 5.74) is 6.02. The summed E-state index contributed by atoms with van der Waals surface area (Å²) in [6, 6.07) is 0.599. The highest BCUT2D eigenvalue weighted by atomic mass is 127. The molecule has 0 bridgehead atoms. The lowest BCUT2D eigenvalue weighted by Crippen LogP contribution is -2.39. The van der Waals surface area contributed by atoms with E-state index in [2.05, 4.69) is 42.5 Å². The summed E-state index contributed by atoms with van der Waals surface area (Å²) in [6.45, 7) is 13.9. The Bertz CT molecular complexity index is 264. The van der Waals surface area contributed by atoms with Crippen LogP contribution in [0, 0.1) is 5.92 Å². The first-order chi connectivity index (χ1) is 8.58. The Hall–Kier alpha value is -0.0400. The molecule has 114 valence electrons. The van der Waals surface area contributed by atoms with Gasteiger partial charge >= 0.3 is 0 Å². The highest BCUT2D eigenvalue weighted by molar-refractivity contribution is 14.0. The average molecular weight is 382 g/mol. The molecule has 0 unspecified atom stereocenters. The molecule has 0 spiro atoms. The topological polar surface area (TPSA) is 44.9 Å². The molecule has 0 aromatic heterocycles. The second-order valence-corrected chi connectivity index (χ2v) is 5.56. The molecule has 1 heterocycles. The van der Waals surface area contributed by atoms with Crippen LogP contribution < -0.4 is 5.73 Å². The van der Waals surface area contributed by atoms with Crippen molar-refractivity contribution in [3.8, 4) is 0 Å². The number of halogens is 1. The number of hydrogen-bond acceptors (Lipinski definition) is 2.